The zero-order valence-corrected chi connectivity index (χ0v) is 16.2. The highest BCUT2D eigenvalue weighted by atomic mass is 79.9. The average Bonchev–Trinajstić information content (AvgIpc) is 3.10. The maximum absolute atomic E-state index is 12.3. The minimum Gasteiger partial charge on any atom is -0.331 e. The van der Waals surface area contributed by atoms with Crippen molar-refractivity contribution in [1.82, 2.24) is 4.90 Å². The SMILES string of the molecule is O=C(C[NH+]1CCN(C(=O)Cc2cccs2)CC1)Nc1ccc(Br)cc1. The van der Waals surface area contributed by atoms with Crippen LogP contribution in [0, 0.1) is 0 Å². The maximum Gasteiger partial charge on any atom is 0.279 e. The molecule has 0 bridgehead atoms. The molecule has 132 valence electrons. The van der Waals surface area contributed by atoms with Crippen molar-refractivity contribution in [3.05, 3.63) is 51.1 Å². The molecule has 25 heavy (non-hydrogen) atoms. The predicted molar refractivity (Wildman–Crippen MR) is 103 cm³/mol. The fraction of sp³-hybridized carbons (Fsp3) is 0.333. The summed E-state index contributed by atoms with van der Waals surface area (Å²) in [6.07, 6.45) is 0.483. The Labute approximate surface area is 159 Å². The molecule has 1 aliphatic rings. The standard InChI is InChI=1S/C18H20BrN3O2S/c19-14-3-5-15(6-4-14)20-17(23)13-21-7-9-22(10-8-21)18(24)12-16-2-1-11-25-16/h1-6,11H,7-10,12-13H2,(H,20,23)/p+1. The fourth-order valence-electron chi connectivity index (χ4n) is 2.89. The van der Waals surface area contributed by atoms with Gasteiger partial charge in [0.05, 0.1) is 32.6 Å². The lowest BCUT2D eigenvalue weighted by Crippen LogP contribution is -3.15. The van der Waals surface area contributed by atoms with Gasteiger partial charge in [-0.1, -0.05) is 22.0 Å². The number of piperazine rings is 1. The summed E-state index contributed by atoms with van der Waals surface area (Å²) < 4.78 is 0.986. The number of carbonyl (C=O) groups excluding carboxylic acids is 2. The number of thiophene rings is 1. The molecule has 2 amide bonds. The van der Waals surface area contributed by atoms with Crippen LogP contribution in [0.4, 0.5) is 5.69 Å². The van der Waals surface area contributed by atoms with Gasteiger partial charge in [-0.15, -0.1) is 11.3 Å². The first-order chi connectivity index (χ1) is 12.1. The second-order valence-corrected chi connectivity index (χ2v) is 8.07. The first-order valence-electron chi connectivity index (χ1n) is 8.29. The van der Waals surface area contributed by atoms with Crippen LogP contribution in [0.15, 0.2) is 46.3 Å². The van der Waals surface area contributed by atoms with Gasteiger partial charge in [0.15, 0.2) is 6.54 Å². The summed E-state index contributed by atoms with van der Waals surface area (Å²) in [4.78, 5) is 28.7. The van der Waals surface area contributed by atoms with E-state index in [1.54, 1.807) is 11.3 Å². The third-order valence-electron chi connectivity index (χ3n) is 4.27. The third-order valence-corrected chi connectivity index (χ3v) is 5.67. The lowest BCUT2D eigenvalue weighted by atomic mass is 10.2. The highest BCUT2D eigenvalue weighted by Gasteiger charge is 2.25. The van der Waals surface area contributed by atoms with Gasteiger partial charge < -0.3 is 15.1 Å². The molecule has 1 aromatic carbocycles. The summed E-state index contributed by atoms with van der Waals surface area (Å²) in [5.74, 6) is 0.191. The number of hydrogen-bond donors (Lipinski definition) is 2. The van der Waals surface area contributed by atoms with E-state index >= 15 is 0 Å². The Bertz CT molecular complexity index is 710. The van der Waals surface area contributed by atoms with Crippen LogP contribution in [-0.4, -0.2) is 49.4 Å². The number of halogens is 1. The predicted octanol–water partition coefficient (Wildman–Crippen LogP) is 1.42. The minimum absolute atomic E-state index is 0.00989. The maximum atomic E-state index is 12.3. The van der Waals surface area contributed by atoms with E-state index in [1.807, 2.05) is 46.7 Å². The Kier molecular flexibility index (Phi) is 6.23. The van der Waals surface area contributed by atoms with Gasteiger partial charge in [0.1, 0.15) is 0 Å². The summed E-state index contributed by atoms with van der Waals surface area (Å²) in [5.41, 5.74) is 0.803. The smallest absolute Gasteiger partial charge is 0.279 e. The normalized spacial score (nSPS) is 15.2. The number of nitrogens with one attached hydrogen (secondary N) is 2. The molecular weight excluding hydrogens is 402 g/mol. The second kappa shape index (κ2) is 8.60. The number of carbonyl (C=O) groups is 2. The molecular formula is C18H21BrN3O2S+. The van der Waals surface area contributed by atoms with Crippen molar-refractivity contribution in [2.24, 2.45) is 0 Å². The molecule has 0 atom stereocenters. The number of rotatable bonds is 5. The first-order valence-corrected chi connectivity index (χ1v) is 9.96. The van der Waals surface area contributed by atoms with Crippen molar-refractivity contribution in [2.75, 3.05) is 38.0 Å². The highest BCUT2D eigenvalue weighted by Crippen LogP contribution is 2.14. The Hall–Kier alpha value is -1.70. The van der Waals surface area contributed by atoms with Crippen LogP contribution in [0.3, 0.4) is 0 Å². The average molecular weight is 423 g/mol. The zero-order valence-electron chi connectivity index (χ0n) is 13.8. The van der Waals surface area contributed by atoms with Gasteiger partial charge in [-0.05, 0) is 35.7 Å². The summed E-state index contributed by atoms with van der Waals surface area (Å²) in [6, 6.07) is 11.5. The van der Waals surface area contributed by atoms with Gasteiger partial charge in [0.25, 0.3) is 5.91 Å². The van der Waals surface area contributed by atoms with Gasteiger partial charge in [0.2, 0.25) is 5.91 Å². The van der Waals surface area contributed by atoms with E-state index in [9.17, 15) is 9.59 Å². The number of amides is 2. The molecule has 1 saturated heterocycles. The molecule has 2 heterocycles. The molecule has 2 aromatic rings. The van der Waals surface area contributed by atoms with E-state index in [4.69, 9.17) is 0 Å². The molecule has 1 aromatic heterocycles. The molecule has 0 radical (unpaired) electrons. The van der Waals surface area contributed by atoms with Crippen LogP contribution in [-0.2, 0) is 16.0 Å². The van der Waals surface area contributed by atoms with Gasteiger partial charge in [-0.2, -0.15) is 0 Å². The van der Waals surface area contributed by atoms with Crippen LogP contribution in [0.25, 0.3) is 0 Å². The van der Waals surface area contributed by atoms with Gasteiger partial charge in [-0.25, -0.2) is 0 Å². The van der Waals surface area contributed by atoms with Crippen LogP contribution >= 0.6 is 27.3 Å². The van der Waals surface area contributed by atoms with Crippen molar-refractivity contribution in [3.63, 3.8) is 0 Å². The van der Waals surface area contributed by atoms with Crippen LogP contribution < -0.4 is 10.2 Å². The van der Waals surface area contributed by atoms with Crippen molar-refractivity contribution in [1.29, 1.82) is 0 Å². The lowest BCUT2D eigenvalue weighted by molar-refractivity contribution is -0.895. The summed E-state index contributed by atoms with van der Waals surface area (Å²) >= 11 is 5.00. The first kappa shape index (κ1) is 18.1. The summed E-state index contributed by atoms with van der Waals surface area (Å²) in [7, 11) is 0. The number of nitrogens with zero attached hydrogens (tertiary/aromatic N) is 1. The van der Waals surface area contributed by atoms with Crippen LogP contribution in [0.2, 0.25) is 0 Å². The summed E-state index contributed by atoms with van der Waals surface area (Å²) in [5, 5.41) is 4.92. The molecule has 2 N–H and O–H groups in total. The fourth-order valence-corrected chi connectivity index (χ4v) is 3.85. The zero-order chi connectivity index (χ0) is 17.6. The molecule has 1 fully saturated rings. The minimum atomic E-state index is 0.00989. The van der Waals surface area contributed by atoms with Crippen molar-refractivity contribution in [3.8, 4) is 0 Å². The Morgan fingerprint density at radius 3 is 2.52 bits per heavy atom. The van der Waals surface area contributed by atoms with Crippen molar-refractivity contribution in [2.45, 2.75) is 6.42 Å². The van der Waals surface area contributed by atoms with E-state index in [0.29, 0.717) is 26.1 Å². The highest BCUT2D eigenvalue weighted by molar-refractivity contribution is 9.10. The molecule has 5 nitrogen and oxygen atoms in total. The largest absolute Gasteiger partial charge is 0.331 e. The van der Waals surface area contributed by atoms with Gasteiger partial charge in [-0.3, -0.25) is 9.59 Å². The topological polar surface area (TPSA) is 53.9 Å². The summed E-state index contributed by atoms with van der Waals surface area (Å²) in [6.45, 7) is 3.48. The van der Waals surface area contributed by atoms with E-state index in [1.165, 1.54) is 4.90 Å². The molecule has 0 spiro atoms. The van der Waals surface area contributed by atoms with Gasteiger partial charge in [0, 0.05) is 15.0 Å². The van der Waals surface area contributed by atoms with Crippen LogP contribution in [0.5, 0.6) is 0 Å². The number of hydrogen-bond acceptors (Lipinski definition) is 3. The van der Waals surface area contributed by atoms with Gasteiger partial charge >= 0.3 is 0 Å². The monoisotopic (exact) mass is 422 g/mol. The van der Waals surface area contributed by atoms with Crippen molar-refractivity contribution < 1.29 is 14.5 Å². The van der Waals surface area contributed by atoms with E-state index in [-0.39, 0.29) is 11.8 Å². The van der Waals surface area contributed by atoms with E-state index < -0.39 is 0 Å². The Morgan fingerprint density at radius 1 is 1.16 bits per heavy atom. The second-order valence-electron chi connectivity index (χ2n) is 6.12. The number of quaternary nitrogens is 1. The number of benzene rings is 1. The molecule has 3 rings (SSSR count). The molecule has 0 unspecified atom stereocenters. The van der Waals surface area contributed by atoms with Crippen LogP contribution in [0.1, 0.15) is 4.88 Å². The molecule has 1 aliphatic heterocycles. The van der Waals surface area contributed by atoms with E-state index in [2.05, 4.69) is 21.2 Å². The van der Waals surface area contributed by atoms with E-state index in [0.717, 1.165) is 28.1 Å². The quantitative estimate of drug-likeness (QED) is 0.765. The molecule has 0 saturated carbocycles. The molecule has 7 heteroatoms. The molecule has 0 aliphatic carbocycles. The Morgan fingerprint density at radius 2 is 1.88 bits per heavy atom. The lowest BCUT2D eigenvalue weighted by Gasteiger charge is -2.31. The number of anilines is 1. The van der Waals surface area contributed by atoms with Crippen molar-refractivity contribution >= 4 is 44.8 Å². The Balaban J connectivity index is 1.42. The third kappa shape index (κ3) is 5.39.